The maximum Gasteiger partial charge on any atom is 1.00 e. The molecular weight excluding hydrogens is 1220 g/mol. The van der Waals surface area contributed by atoms with E-state index in [1.807, 2.05) is 6.92 Å². The van der Waals surface area contributed by atoms with E-state index in [-0.39, 0.29) is 78.6 Å². The molecule has 6 heterocycles. The summed E-state index contributed by atoms with van der Waals surface area (Å²) in [6.45, 7) is 16.8. The van der Waals surface area contributed by atoms with Crippen molar-refractivity contribution in [3.8, 4) is 0 Å². The Labute approximate surface area is 540 Å². The van der Waals surface area contributed by atoms with Crippen LogP contribution in [0, 0.1) is 46.3 Å². The Bertz CT molecular complexity index is 2540. The molecule has 0 aromatic rings. The molecule has 0 aromatic heterocycles. The van der Waals surface area contributed by atoms with Crippen LogP contribution in [0.1, 0.15) is 108 Å². The third-order valence-corrected chi connectivity index (χ3v) is 22.5. The Hall–Kier alpha value is -0.390. The Morgan fingerprint density at radius 3 is 1.69 bits per heavy atom. The number of epoxide rings is 1. The van der Waals surface area contributed by atoms with Crippen LogP contribution in [0.25, 0.3) is 0 Å². The molecule has 0 bridgehead atoms. The van der Waals surface area contributed by atoms with Gasteiger partial charge in [0, 0.05) is 5.92 Å². The summed E-state index contributed by atoms with van der Waals surface area (Å²) in [4.78, 5) is 0. The van der Waals surface area contributed by atoms with E-state index in [2.05, 4.69) is 33.8 Å². The fraction of sp³-hybridized carbons (Fsp3) is 0.966. The topological polar surface area (TPSA) is 454 Å². The van der Waals surface area contributed by atoms with Gasteiger partial charge in [0.2, 0.25) is 10.4 Å². The number of hydrogen-bond donors (Lipinski definition) is 14. The van der Waals surface area contributed by atoms with Crippen molar-refractivity contribution in [2.45, 2.75) is 297 Å². The van der Waals surface area contributed by atoms with Crippen LogP contribution in [-0.2, 0) is 66.7 Å². The second-order valence-electron chi connectivity index (χ2n) is 27.9. The first kappa shape index (κ1) is 72.9. The Balaban J connectivity index is 0.00000941. The van der Waals surface area contributed by atoms with Gasteiger partial charge in [0.1, 0.15) is 104 Å². The summed E-state index contributed by atoms with van der Waals surface area (Å²) in [6.07, 6.45) is -42.7. The summed E-state index contributed by atoms with van der Waals surface area (Å²) in [5.41, 5.74) is -1.75. The zero-order valence-electron chi connectivity index (χ0n) is 52.1. The largest absolute Gasteiger partial charge is 1.00 e. The first-order chi connectivity index (χ1) is 41.0. The summed E-state index contributed by atoms with van der Waals surface area (Å²) >= 11 is 0. The Morgan fingerprint density at radius 2 is 1.12 bits per heavy atom. The maximum atomic E-state index is 12.5. The van der Waals surface area contributed by atoms with E-state index in [1.54, 1.807) is 6.92 Å². The number of fused-ring (bicyclic) bond motifs is 5. The molecule has 0 amide bonds. The van der Waals surface area contributed by atoms with Gasteiger partial charge in [0.25, 0.3) is 0 Å². The van der Waals surface area contributed by atoms with Crippen LogP contribution in [-0.4, -0.2) is 281 Å². The van der Waals surface area contributed by atoms with Gasteiger partial charge in [-0.3, -0.25) is 4.18 Å². The van der Waals surface area contributed by atoms with Gasteiger partial charge in [0.05, 0.1) is 61.0 Å². The van der Waals surface area contributed by atoms with E-state index in [0.717, 1.165) is 5.57 Å². The van der Waals surface area contributed by atoms with Crippen molar-refractivity contribution in [2.75, 3.05) is 6.61 Å². The molecule has 9 fully saturated rings. The predicted molar refractivity (Wildman–Crippen MR) is 293 cm³/mol. The second-order valence-corrected chi connectivity index (χ2v) is 28.9. The van der Waals surface area contributed by atoms with Crippen molar-refractivity contribution in [1.29, 1.82) is 0 Å². The van der Waals surface area contributed by atoms with Gasteiger partial charge in [0.15, 0.2) is 31.5 Å². The van der Waals surface area contributed by atoms with Gasteiger partial charge >= 0.3 is 29.6 Å². The fourth-order valence-corrected chi connectivity index (χ4v) is 17.1. The molecule has 0 unspecified atom stereocenters. The minimum absolute atomic E-state index is 0. The fourth-order valence-electron chi connectivity index (χ4n) is 16.6. The number of rotatable bonds is 17. The van der Waals surface area contributed by atoms with Gasteiger partial charge in [-0.1, -0.05) is 46.3 Å². The van der Waals surface area contributed by atoms with E-state index in [0.29, 0.717) is 19.3 Å². The molecule has 89 heavy (non-hydrogen) atoms. The van der Waals surface area contributed by atoms with Gasteiger partial charge in [-0.05, 0) is 114 Å². The third-order valence-electron chi connectivity index (χ3n) is 22.0. The summed E-state index contributed by atoms with van der Waals surface area (Å²) in [5.74, 6) is -1.28. The molecule has 29 nitrogen and oxygen atoms in total. The normalized spacial score (nSPS) is 53.8. The monoisotopic (exact) mass is 1310 g/mol. The molecule has 0 aromatic carbocycles. The van der Waals surface area contributed by atoms with Gasteiger partial charge in [-0.2, -0.15) is 0 Å². The van der Waals surface area contributed by atoms with Crippen molar-refractivity contribution >= 4 is 10.4 Å². The van der Waals surface area contributed by atoms with Crippen molar-refractivity contribution in [3.05, 3.63) is 11.6 Å². The Kier molecular flexibility index (Phi) is 22.5. The number of aliphatic hydroxyl groups is 14. The summed E-state index contributed by atoms with van der Waals surface area (Å²) in [5, 5.41) is 159. The Morgan fingerprint density at radius 1 is 0.607 bits per heavy atom. The van der Waals surface area contributed by atoms with Crippen molar-refractivity contribution in [1.82, 2.24) is 0 Å². The van der Waals surface area contributed by atoms with Crippen molar-refractivity contribution in [3.63, 3.8) is 0 Å². The average Bonchev–Trinajstić information content (AvgIpc) is 1.70. The molecule has 0 spiro atoms. The standard InChI is InChI=1S/C58H96O29S.Na/c1-19(2)20(3)44-50(82-44)58(10,72)49-30(60)17-28-26-16-31(29-15-25(87-88(73,74)75)11-13-56(29,8)27(26)12-14-57(28,49)9)80-53-43(71)46(35(63)23(6)78-53)84-54-48(86-52-41(69)38(66)34(62)22(5)77-52)42(70)45(24(7)79-54)83-55-47(39(67)36(64)32(18-59)81-55)85-51-40(68)37(65)33(61)21(4)76-51;/h12,19-26,28-55,59-72H,11,13-18H2,1-10H3,(H,73,74,75);/q;+1/p-1/t20-,21+,22+,23+,24+,25-,26+,28-,29+,30-,31-,32+,33-,34+,35+,36+,37-,38-,39-,40+,41+,42-,43+,44-,45+,46-,47+,48+,49-,50+,51-,52-,53-,54-,55-,56+,57-,58+;/m0./s1. The van der Waals surface area contributed by atoms with E-state index < -0.39 is 223 Å². The zero-order chi connectivity index (χ0) is 64.5. The molecule has 508 valence electrons. The van der Waals surface area contributed by atoms with E-state index in [9.17, 15) is 84.5 Å². The van der Waals surface area contributed by atoms with Crippen LogP contribution < -0.4 is 29.6 Å². The van der Waals surface area contributed by atoms with Crippen LogP contribution in [0.4, 0.5) is 0 Å². The summed E-state index contributed by atoms with van der Waals surface area (Å²) < 4.78 is 109. The second kappa shape index (κ2) is 27.5. The molecule has 6 aliphatic heterocycles. The van der Waals surface area contributed by atoms with Crippen molar-refractivity contribution < 1.29 is 170 Å². The van der Waals surface area contributed by atoms with E-state index in [1.165, 1.54) is 27.7 Å². The van der Waals surface area contributed by atoms with Crippen molar-refractivity contribution in [2.24, 2.45) is 46.3 Å². The third kappa shape index (κ3) is 13.7. The number of allylic oxidation sites excluding steroid dienone is 2. The minimum Gasteiger partial charge on any atom is -0.726 e. The smallest absolute Gasteiger partial charge is 0.726 e. The van der Waals surface area contributed by atoms with Gasteiger partial charge in [-0.25, -0.2) is 8.42 Å². The quantitative estimate of drug-likeness (QED) is 0.0212. The molecular formula is C58H95NaO29S. The molecule has 14 N–H and O–H groups in total. The molecule has 3 saturated carbocycles. The SMILES string of the molecule is CC(C)[C@H](C)[C@@H]1O[C@H]1[C@](C)(O)[C@H]1[C@@H](O)C[C@H]2[C@@H]3C[C@H](O[C@@H]4O[C@H](C)[C@@H](O)[C@H](O[C@@H]5O[C@H](C)[C@@H](O[C@@H]6O[C@H](CO)[C@@H](O)[C@H](O)[C@H]6O[C@@H]6O[C@H](C)[C@H](O)[C@H](O)[C@H]6O)[C@H](O)[C@H]5O[C@@H]5O[C@H](C)[C@@H](O)[C@H](O)[C@H]5O)[C@H]4O)[C@H]4C[C@@H](OS(=O)(=O)[O-])CC[C@]4(C)C3=CC[C@]12C.[Na+]. The minimum atomic E-state index is -5.16. The summed E-state index contributed by atoms with van der Waals surface area (Å²) in [7, 11) is -5.16. The van der Waals surface area contributed by atoms with Gasteiger partial charge in [-0.15, -0.1) is 0 Å². The molecule has 31 heteroatoms. The number of ether oxygens (including phenoxy) is 11. The molecule has 0 radical (unpaired) electrons. The first-order valence-corrected chi connectivity index (χ1v) is 32.4. The zero-order valence-corrected chi connectivity index (χ0v) is 54.9. The summed E-state index contributed by atoms with van der Waals surface area (Å²) in [6, 6.07) is 0. The number of aliphatic hydroxyl groups excluding tert-OH is 13. The van der Waals surface area contributed by atoms with Crippen LogP contribution in [0.3, 0.4) is 0 Å². The first-order valence-electron chi connectivity index (χ1n) is 31.1. The average molecular weight is 1310 g/mol. The molecule has 10 aliphatic rings. The van der Waals surface area contributed by atoms with E-state index >= 15 is 0 Å². The molecule has 38 atom stereocenters. The van der Waals surface area contributed by atoms with E-state index in [4.69, 9.17) is 56.3 Å². The molecule has 4 aliphatic carbocycles. The molecule has 6 saturated heterocycles. The van der Waals surface area contributed by atoms with Crippen LogP contribution >= 0.6 is 0 Å². The van der Waals surface area contributed by atoms with Crippen LogP contribution in [0.5, 0.6) is 0 Å². The molecule has 10 rings (SSSR count). The predicted octanol–water partition coefficient (Wildman–Crippen LogP) is -6.60. The number of hydrogen-bond acceptors (Lipinski definition) is 29. The van der Waals surface area contributed by atoms with Gasteiger partial charge < -0.3 is 128 Å². The van der Waals surface area contributed by atoms with Crippen LogP contribution in [0.15, 0.2) is 11.6 Å². The van der Waals surface area contributed by atoms with Crippen LogP contribution in [0.2, 0.25) is 0 Å². The maximum absolute atomic E-state index is 12.5.